The van der Waals surface area contributed by atoms with Crippen molar-refractivity contribution in [3.8, 4) is 0 Å². The summed E-state index contributed by atoms with van der Waals surface area (Å²) in [5.74, 6) is -3.49. The number of nitrogens with zero attached hydrogens (tertiary/aromatic N) is 3. The number of piperidine rings is 2. The lowest BCUT2D eigenvalue weighted by Crippen LogP contribution is -2.54. The van der Waals surface area contributed by atoms with Gasteiger partial charge in [-0.2, -0.15) is 0 Å². The van der Waals surface area contributed by atoms with E-state index in [1.165, 1.54) is 23.1 Å². The molecule has 200 valence electrons. The lowest BCUT2D eigenvalue weighted by Gasteiger charge is -2.39. The van der Waals surface area contributed by atoms with E-state index in [0.717, 1.165) is 0 Å². The van der Waals surface area contributed by atoms with E-state index in [4.69, 9.17) is 15.2 Å². The van der Waals surface area contributed by atoms with Crippen LogP contribution in [-0.2, 0) is 9.47 Å². The summed E-state index contributed by atoms with van der Waals surface area (Å²) in [6.45, 7) is 6.03. The maximum Gasteiger partial charge on any atom is 0.410 e. The van der Waals surface area contributed by atoms with Gasteiger partial charge in [0, 0.05) is 44.8 Å². The molecule has 3 rings (SSSR count). The Hall–Kier alpha value is -3.02. The number of nitro benzene ring substituents is 1. The van der Waals surface area contributed by atoms with Gasteiger partial charge in [-0.25, -0.2) is 13.6 Å². The fourth-order valence-corrected chi connectivity index (χ4v) is 4.48. The van der Waals surface area contributed by atoms with Crippen LogP contribution in [0.3, 0.4) is 0 Å². The van der Waals surface area contributed by atoms with Gasteiger partial charge in [-0.15, -0.1) is 0 Å². The quantitative estimate of drug-likeness (QED) is 0.432. The molecule has 10 nitrogen and oxygen atoms in total. The van der Waals surface area contributed by atoms with Gasteiger partial charge in [0.2, 0.25) is 0 Å². The lowest BCUT2D eigenvalue weighted by molar-refractivity contribution is -0.384. The number of carbonyl (C=O) groups is 2. The summed E-state index contributed by atoms with van der Waals surface area (Å²) in [6, 6.07) is 3.96. The summed E-state index contributed by atoms with van der Waals surface area (Å²) in [4.78, 5) is 37.9. The smallest absolute Gasteiger partial charge is 0.410 e. The lowest BCUT2D eigenvalue weighted by atomic mass is 9.93. The van der Waals surface area contributed by atoms with Crippen LogP contribution in [0.2, 0.25) is 0 Å². The van der Waals surface area contributed by atoms with Crippen molar-refractivity contribution in [2.75, 3.05) is 37.7 Å². The Bertz CT molecular complexity index is 976. The Kier molecular flexibility index (Phi) is 8.37. The van der Waals surface area contributed by atoms with Crippen molar-refractivity contribution < 1.29 is 32.8 Å². The summed E-state index contributed by atoms with van der Waals surface area (Å²) in [5.41, 5.74) is 5.25. The average Bonchev–Trinajstić information content (AvgIpc) is 2.78. The number of likely N-dealkylation sites (tertiary alicyclic amines) is 1. The molecule has 2 aliphatic rings. The van der Waals surface area contributed by atoms with Crippen molar-refractivity contribution in [2.45, 2.75) is 64.1 Å². The highest BCUT2D eigenvalue weighted by molar-refractivity contribution is 5.99. The van der Waals surface area contributed by atoms with Crippen LogP contribution in [0.4, 0.5) is 25.0 Å². The number of rotatable bonds is 7. The number of primary amides is 1. The molecule has 0 bridgehead atoms. The van der Waals surface area contributed by atoms with Gasteiger partial charge >= 0.3 is 6.09 Å². The normalized spacial score (nSPS) is 20.8. The van der Waals surface area contributed by atoms with Crippen molar-refractivity contribution in [1.29, 1.82) is 0 Å². The molecule has 2 saturated heterocycles. The summed E-state index contributed by atoms with van der Waals surface area (Å²) < 4.78 is 39.8. The molecule has 2 N–H and O–H groups in total. The Labute approximate surface area is 208 Å². The SMILES string of the molecule is CC(C)(C)OC(=O)N1CCC(F)(F)C(OCCC2CCN(c3cc([N+](=O)[O-])ccc3C(N)=O)CC2)C1. The van der Waals surface area contributed by atoms with Crippen LogP contribution in [0.25, 0.3) is 0 Å². The zero-order chi connectivity index (χ0) is 26.7. The van der Waals surface area contributed by atoms with Crippen LogP contribution in [0, 0.1) is 16.0 Å². The highest BCUT2D eigenvalue weighted by Gasteiger charge is 2.46. The van der Waals surface area contributed by atoms with Gasteiger partial charge < -0.3 is 25.0 Å². The second kappa shape index (κ2) is 10.9. The largest absolute Gasteiger partial charge is 0.444 e. The number of ether oxygens (including phenoxy) is 2. The fraction of sp³-hybridized carbons (Fsp3) is 0.667. The second-order valence-corrected chi connectivity index (χ2v) is 10.3. The minimum absolute atomic E-state index is 0.0921. The maximum absolute atomic E-state index is 14.4. The number of hydrogen-bond acceptors (Lipinski definition) is 7. The van der Waals surface area contributed by atoms with Crippen LogP contribution < -0.4 is 10.6 Å². The zero-order valence-electron chi connectivity index (χ0n) is 20.9. The standard InChI is InChI=1S/C24H34F2N4O6/c1-23(2,3)36-22(32)29-12-9-24(25,26)20(15-29)35-13-8-16-6-10-28(11-7-16)19-14-17(30(33)34)4-5-18(19)21(27)31/h4-5,14,16,20H,6-13,15H2,1-3H3,(H2,27,31). The van der Waals surface area contributed by atoms with E-state index >= 15 is 0 Å². The number of amides is 2. The highest BCUT2D eigenvalue weighted by Crippen LogP contribution is 2.33. The molecule has 2 fully saturated rings. The first-order valence-corrected chi connectivity index (χ1v) is 12.1. The first-order chi connectivity index (χ1) is 16.8. The number of nitro groups is 1. The van der Waals surface area contributed by atoms with Gasteiger partial charge in [-0.05, 0) is 52.0 Å². The molecule has 36 heavy (non-hydrogen) atoms. The zero-order valence-corrected chi connectivity index (χ0v) is 20.9. The minimum Gasteiger partial charge on any atom is -0.444 e. The van der Waals surface area contributed by atoms with E-state index < -0.39 is 41.0 Å². The molecule has 12 heteroatoms. The number of carbonyl (C=O) groups excluding carboxylic acids is 2. The maximum atomic E-state index is 14.4. The molecule has 0 aliphatic carbocycles. The summed E-state index contributed by atoms with van der Waals surface area (Å²) in [7, 11) is 0. The van der Waals surface area contributed by atoms with Crippen molar-refractivity contribution in [2.24, 2.45) is 11.7 Å². The minimum atomic E-state index is -3.03. The molecule has 2 heterocycles. The second-order valence-electron chi connectivity index (χ2n) is 10.3. The Balaban J connectivity index is 1.52. The Morgan fingerprint density at radius 2 is 1.89 bits per heavy atom. The first-order valence-electron chi connectivity index (χ1n) is 12.1. The Morgan fingerprint density at radius 3 is 2.47 bits per heavy atom. The van der Waals surface area contributed by atoms with Crippen LogP contribution >= 0.6 is 0 Å². The number of alkyl halides is 2. The summed E-state index contributed by atoms with van der Waals surface area (Å²) >= 11 is 0. The van der Waals surface area contributed by atoms with Crippen LogP contribution in [0.1, 0.15) is 56.8 Å². The van der Waals surface area contributed by atoms with E-state index in [9.17, 15) is 28.5 Å². The summed E-state index contributed by atoms with van der Waals surface area (Å²) in [5, 5.41) is 11.2. The molecular formula is C24H34F2N4O6. The molecule has 1 aromatic carbocycles. The van der Waals surface area contributed by atoms with Crippen molar-refractivity contribution >= 4 is 23.4 Å². The number of anilines is 1. The van der Waals surface area contributed by atoms with Crippen LogP contribution in [0.5, 0.6) is 0 Å². The van der Waals surface area contributed by atoms with E-state index in [2.05, 4.69) is 0 Å². The predicted molar refractivity (Wildman–Crippen MR) is 128 cm³/mol. The molecule has 1 atom stereocenters. The van der Waals surface area contributed by atoms with Crippen molar-refractivity contribution in [1.82, 2.24) is 4.90 Å². The summed E-state index contributed by atoms with van der Waals surface area (Å²) in [6.07, 6.45) is -0.548. The number of halogens is 2. The topological polar surface area (TPSA) is 128 Å². The van der Waals surface area contributed by atoms with E-state index in [1.54, 1.807) is 20.8 Å². The number of non-ortho nitro benzene ring substituents is 1. The Morgan fingerprint density at radius 1 is 1.22 bits per heavy atom. The number of benzene rings is 1. The van der Waals surface area contributed by atoms with Gasteiger partial charge in [-0.1, -0.05) is 0 Å². The molecule has 2 amide bonds. The third kappa shape index (κ3) is 7.02. The van der Waals surface area contributed by atoms with Crippen LogP contribution in [-0.4, -0.2) is 72.2 Å². The van der Waals surface area contributed by atoms with E-state index in [0.29, 0.717) is 38.0 Å². The third-order valence-corrected chi connectivity index (χ3v) is 6.48. The molecule has 0 spiro atoms. The molecule has 1 unspecified atom stereocenters. The average molecular weight is 513 g/mol. The first kappa shape index (κ1) is 27.6. The molecule has 0 aromatic heterocycles. The van der Waals surface area contributed by atoms with Gasteiger partial charge in [-0.3, -0.25) is 14.9 Å². The number of nitrogens with two attached hydrogens (primary N) is 1. The molecule has 0 saturated carbocycles. The third-order valence-electron chi connectivity index (χ3n) is 6.48. The fourth-order valence-electron chi connectivity index (χ4n) is 4.48. The molecule has 2 aliphatic heterocycles. The molecule has 1 aromatic rings. The number of hydrogen-bond donors (Lipinski definition) is 1. The van der Waals surface area contributed by atoms with Gasteiger partial charge in [0.25, 0.3) is 17.5 Å². The van der Waals surface area contributed by atoms with Gasteiger partial charge in [0.15, 0.2) is 0 Å². The van der Waals surface area contributed by atoms with Crippen molar-refractivity contribution in [3.05, 3.63) is 33.9 Å². The molecule has 0 radical (unpaired) electrons. The van der Waals surface area contributed by atoms with E-state index in [1.807, 2.05) is 4.90 Å². The predicted octanol–water partition coefficient (Wildman–Crippen LogP) is 3.96. The molecular weight excluding hydrogens is 478 g/mol. The van der Waals surface area contributed by atoms with Crippen molar-refractivity contribution in [3.63, 3.8) is 0 Å². The van der Waals surface area contributed by atoms with Gasteiger partial charge in [0.1, 0.15) is 11.7 Å². The van der Waals surface area contributed by atoms with E-state index in [-0.39, 0.29) is 36.9 Å². The van der Waals surface area contributed by atoms with Gasteiger partial charge in [0.05, 0.1) is 22.7 Å². The monoisotopic (exact) mass is 512 g/mol. The highest BCUT2D eigenvalue weighted by atomic mass is 19.3. The van der Waals surface area contributed by atoms with Crippen LogP contribution in [0.15, 0.2) is 18.2 Å².